The van der Waals surface area contributed by atoms with E-state index < -0.39 is 0 Å². The lowest BCUT2D eigenvalue weighted by Crippen LogP contribution is -1.93. The molecule has 0 heterocycles. The van der Waals surface area contributed by atoms with Gasteiger partial charge in [0.05, 0.1) is 0 Å². The zero-order chi connectivity index (χ0) is 21.3. The van der Waals surface area contributed by atoms with E-state index in [0.29, 0.717) is 0 Å². The molecule has 0 heteroatoms. The van der Waals surface area contributed by atoms with Crippen LogP contribution in [0.15, 0.2) is 12.2 Å². The van der Waals surface area contributed by atoms with Gasteiger partial charge in [-0.25, -0.2) is 0 Å². The van der Waals surface area contributed by atoms with Gasteiger partial charge in [-0.1, -0.05) is 155 Å². The zero-order valence-electron chi connectivity index (χ0n) is 21.0. The molecule has 1 unspecified atom stereocenters. The fraction of sp³-hybridized carbons (Fsp3) is 0.931. The maximum atomic E-state index is 2.44. The molecule has 0 nitrogen and oxygen atoms in total. The van der Waals surface area contributed by atoms with Crippen LogP contribution in [0, 0.1) is 5.92 Å². The van der Waals surface area contributed by atoms with Gasteiger partial charge in [-0.15, -0.1) is 0 Å². The highest BCUT2D eigenvalue weighted by atomic mass is 14.1. The molecule has 0 aliphatic carbocycles. The minimum atomic E-state index is 0.959. The SMILES string of the molecule is CCCCCCCCCC=CCCCCCCCCCCCCCC(C)CCC. The predicted octanol–water partition coefficient (Wildman–Crippen LogP) is 11.2. The standard InChI is InChI=1S/C29H58/c1-4-6-7-8-9-10-11-12-13-14-15-16-17-18-19-20-21-22-23-24-25-26-28-29(3)27-5-2/h13-14,29H,4-12,15-28H2,1-3H3. The summed E-state index contributed by atoms with van der Waals surface area (Å²) in [5.41, 5.74) is 0. The maximum absolute atomic E-state index is 2.44. The average Bonchev–Trinajstić information content (AvgIpc) is 2.72. The Balaban J connectivity index is 3.09. The highest BCUT2D eigenvalue weighted by Crippen LogP contribution is 2.17. The third-order valence-corrected chi connectivity index (χ3v) is 6.49. The number of rotatable bonds is 24. The Morgan fingerprint density at radius 3 is 1.21 bits per heavy atom. The second-order valence-electron chi connectivity index (χ2n) is 9.74. The van der Waals surface area contributed by atoms with E-state index in [0.717, 1.165) is 5.92 Å². The van der Waals surface area contributed by atoms with Gasteiger partial charge in [0.1, 0.15) is 0 Å². The Morgan fingerprint density at radius 2 is 0.793 bits per heavy atom. The van der Waals surface area contributed by atoms with E-state index in [-0.39, 0.29) is 0 Å². The normalized spacial score (nSPS) is 12.8. The summed E-state index contributed by atoms with van der Waals surface area (Å²) in [6, 6.07) is 0. The van der Waals surface area contributed by atoms with Crippen LogP contribution in [0.1, 0.15) is 168 Å². The second-order valence-corrected chi connectivity index (χ2v) is 9.74. The smallest absolute Gasteiger partial charge is 0.0351 e. The molecule has 0 rings (SSSR count). The first kappa shape index (κ1) is 28.7. The monoisotopic (exact) mass is 406 g/mol. The van der Waals surface area contributed by atoms with Crippen molar-refractivity contribution in [3.05, 3.63) is 12.2 Å². The predicted molar refractivity (Wildman–Crippen MR) is 136 cm³/mol. The first-order valence-electron chi connectivity index (χ1n) is 14.0. The van der Waals surface area contributed by atoms with Crippen molar-refractivity contribution in [2.75, 3.05) is 0 Å². The third-order valence-electron chi connectivity index (χ3n) is 6.49. The maximum Gasteiger partial charge on any atom is -0.0351 e. The molecule has 0 bridgehead atoms. The topological polar surface area (TPSA) is 0 Å². The molecule has 0 aromatic heterocycles. The van der Waals surface area contributed by atoms with Crippen molar-refractivity contribution in [3.8, 4) is 0 Å². The minimum absolute atomic E-state index is 0.959. The lowest BCUT2D eigenvalue weighted by atomic mass is 9.98. The van der Waals surface area contributed by atoms with Gasteiger partial charge in [-0.3, -0.25) is 0 Å². The summed E-state index contributed by atoms with van der Waals surface area (Å²) >= 11 is 0. The van der Waals surface area contributed by atoms with Gasteiger partial charge >= 0.3 is 0 Å². The first-order valence-corrected chi connectivity index (χ1v) is 14.0. The molecular weight excluding hydrogens is 348 g/mol. The Bertz CT molecular complexity index is 303. The molecule has 29 heavy (non-hydrogen) atoms. The van der Waals surface area contributed by atoms with Gasteiger partial charge in [0.15, 0.2) is 0 Å². The lowest BCUT2D eigenvalue weighted by molar-refractivity contribution is 0.450. The van der Waals surface area contributed by atoms with Crippen molar-refractivity contribution in [3.63, 3.8) is 0 Å². The van der Waals surface area contributed by atoms with E-state index in [1.807, 2.05) is 0 Å². The van der Waals surface area contributed by atoms with Crippen LogP contribution >= 0.6 is 0 Å². The molecule has 0 aliphatic heterocycles. The van der Waals surface area contributed by atoms with Crippen molar-refractivity contribution >= 4 is 0 Å². The van der Waals surface area contributed by atoms with E-state index in [9.17, 15) is 0 Å². The van der Waals surface area contributed by atoms with Gasteiger partial charge in [0.2, 0.25) is 0 Å². The number of hydrogen-bond acceptors (Lipinski definition) is 0. The Kier molecular flexibility index (Phi) is 25.5. The van der Waals surface area contributed by atoms with Crippen molar-refractivity contribution in [1.29, 1.82) is 0 Å². The highest BCUT2D eigenvalue weighted by molar-refractivity contribution is 4.81. The Hall–Kier alpha value is -0.260. The van der Waals surface area contributed by atoms with Crippen LogP contribution in [0.4, 0.5) is 0 Å². The summed E-state index contributed by atoms with van der Waals surface area (Å²) in [7, 11) is 0. The molecule has 0 saturated heterocycles. The largest absolute Gasteiger partial charge is 0.0885 e. The van der Waals surface area contributed by atoms with Crippen molar-refractivity contribution in [1.82, 2.24) is 0 Å². The molecule has 0 fully saturated rings. The molecular formula is C29H58. The average molecular weight is 407 g/mol. The summed E-state index contributed by atoms with van der Waals surface area (Å²) in [4.78, 5) is 0. The summed E-state index contributed by atoms with van der Waals surface area (Å²) < 4.78 is 0. The van der Waals surface area contributed by atoms with Gasteiger partial charge < -0.3 is 0 Å². The van der Waals surface area contributed by atoms with E-state index in [1.165, 1.54) is 148 Å². The summed E-state index contributed by atoms with van der Waals surface area (Å²) in [6.07, 6.45) is 37.8. The summed E-state index contributed by atoms with van der Waals surface area (Å²) in [6.45, 7) is 7.03. The fourth-order valence-corrected chi connectivity index (χ4v) is 4.44. The molecule has 0 spiro atoms. The van der Waals surface area contributed by atoms with Gasteiger partial charge in [-0.2, -0.15) is 0 Å². The highest BCUT2D eigenvalue weighted by Gasteiger charge is 2.00. The zero-order valence-corrected chi connectivity index (χ0v) is 21.0. The van der Waals surface area contributed by atoms with E-state index in [2.05, 4.69) is 32.9 Å². The van der Waals surface area contributed by atoms with Crippen LogP contribution in [-0.2, 0) is 0 Å². The minimum Gasteiger partial charge on any atom is -0.0885 e. The molecule has 0 aromatic carbocycles. The molecule has 0 N–H and O–H groups in total. The molecule has 0 saturated carbocycles. The molecule has 0 amide bonds. The van der Waals surface area contributed by atoms with Gasteiger partial charge in [-0.05, 0) is 31.6 Å². The van der Waals surface area contributed by atoms with Crippen molar-refractivity contribution in [2.45, 2.75) is 168 Å². The molecule has 1 atom stereocenters. The van der Waals surface area contributed by atoms with Crippen LogP contribution < -0.4 is 0 Å². The Labute approximate surface area is 186 Å². The number of allylic oxidation sites excluding steroid dienone is 2. The van der Waals surface area contributed by atoms with Crippen molar-refractivity contribution < 1.29 is 0 Å². The Morgan fingerprint density at radius 1 is 0.414 bits per heavy atom. The number of hydrogen-bond donors (Lipinski definition) is 0. The molecule has 0 aliphatic rings. The van der Waals surface area contributed by atoms with E-state index in [4.69, 9.17) is 0 Å². The fourth-order valence-electron chi connectivity index (χ4n) is 4.44. The lowest BCUT2D eigenvalue weighted by Gasteiger charge is -2.09. The van der Waals surface area contributed by atoms with Crippen LogP contribution in [0.5, 0.6) is 0 Å². The van der Waals surface area contributed by atoms with Gasteiger partial charge in [0, 0.05) is 0 Å². The van der Waals surface area contributed by atoms with Crippen LogP contribution in [-0.4, -0.2) is 0 Å². The van der Waals surface area contributed by atoms with Crippen LogP contribution in [0.2, 0.25) is 0 Å². The third kappa shape index (κ3) is 25.7. The summed E-state index contributed by atoms with van der Waals surface area (Å²) in [5, 5.41) is 0. The van der Waals surface area contributed by atoms with Crippen LogP contribution in [0.3, 0.4) is 0 Å². The van der Waals surface area contributed by atoms with Crippen molar-refractivity contribution in [2.24, 2.45) is 5.92 Å². The molecule has 0 radical (unpaired) electrons. The van der Waals surface area contributed by atoms with Crippen LogP contribution in [0.25, 0.3) is 0 Å². The molecule has 0 aromatic rings. The number of unbranched alkanes of at least 4 members (excludes halogenated alkanes) is 18. The quantitative estimate of drug-likeness (QED) is 0.110. The van der Waals surface area contributed by atoms with E-state index in [1.54, 1.807) is 0 Å². The molecule has 174 valence electrons. The second kappa shape index (κ2) is 25.8. The summed E-state index contributed by atoms with van der Waals surface area (Å²) in [5.74, 6) is 0.959. The van der Waals surface area contributed by atoms with E-state index >= 15 is 0 Å². The first-order chi connectivity index (χ1) is 14.3. The van der Waals surface area contributed by atoms with Gasteiger partial charge in [0.25, 0.3) is 0 Å².